The van der Waals surface area contributed by atoms with E-state index in [9.17, 15) is 9.90 Å². The molecule has 3 aliphatic rings. The summed E-state index contributed by atoms with van der Waals surface area (Å²) in [5.41, 5.74) is 3.52. The minimum Gasteiger partial charge on any atom is -0.480 e. The molecular formula is C30H37F2N5O3. The number of hydrogen-bond donors (Lipinski definition) is 2. The molecule has 10 heteroatoms. The van der Waals surface area contributed by atoms with Gasteiger partial charge in [0.15, 0.2) is 0 Å². The zero-order valence-electron chi connectivity index (χ0n) is 22.7. The van der Waals surface area contributed by atoms with Crippen LogP contribution in [0.2, 0.25) is 0 Å². The number of carbonyl (C=O) groups is 1. The Labute approximate surface area is 232 Å². The topological polar surface area (TPSA) is 92.5 Å². The Morgan fingerprint density at radius 2 is 2.12 bits per heavy atom. The molecule has 0 spiro atoms. The lowest BCUT2D eigenvalue weighted by Crippen LogP contribution is -2.36. The van der Waals surface area contributed by atoms with E-state index in [0.717, 1.165) is 48.2 Å². The molecule has 40 heavy (non-hydrogen) atoms. The standard InChI is InChI=1S/C30H37F2N5O3/c31-30(32,13-2-1-7-23-10-9-20-6-4-14-33-28(20)35-23)22-11-15-36(18-22)27(29(38)39)25-8-3-5-21-17-34-37(26(21)25)24-12-16-40-19-24/h3,5,8-10,17,22,24,27H,1-2,4,6-7,11-16,18-19H2,(H,33,35)(H,38,39)/t22-,24+,27?/m1/s1. The van der Waals surface area contributed by atoms with E-state index in [1.54, 1.807) is 17.2 Å². The van der Waals surface area contributed by atoms with E-state index >= 15 is 8.78 Å². The number of alkyl halides is 2. The number of aromatic nitrogens is 3. The summed E-state index contributed by atoms with van der Waals surface area (Å²) in [5, 5.41) is 19.0. The van der Waals surface area contributed by atoms with Crippen LogP contribution in [0.5, 0.6) is 0 Å². The fraction of sp³-hybridized carbons (Fsp3) is 0.567. The van der Waals surface area contributed by atoms with Crippen molar-refractivity contribution in [1.29, 1.82) is 0 Å². The number of carboxylic acids is 1. The summed E-state index contributed by atoms with van der Waals surface area (Å²) in [6.07, 6.45) is 6.48. The maximum absolute atomic E-state index is 15.4. The lowest BCUT2D eigenvalue weighted by Gasteiger charge is -2.28. The highest BCUT2D eigenvalue weighted by molar-refractivity contribution is 5.88. The fourth-order valence-corrected chi connectivity index (χ4v) is 6.57. The molecule has 2 saturated heterocycles. The molecule has 0 amide bonds. The number of aryl methyl sites for hydroxylation is 2. The quantitative estimate of drug-likeness (QED) is 0.332. The molecule has 0 aliphatic carbocycles. The van der Waals surface area contributed by atoms with Gasteiger partial charge in [0.1, 0.15) is 11.9 Å². The molecule has 3 atom stereocenters. The number of carboxylic acid groups (broad SMARTS) is 1. The molecule has 214 valence electrons. The van der Waals surface area contributed by atoms with Crippen molar-refractivity contribution in [2.24, 2.45) is 5.92 Å². The number of ether oxygens (including phenoxy) is 1. The Morgan fingerprint density at radius 3 is 2.95 bits per heavy atom. The summed E-state index contributed by atoms with van der Waals surface area (Å²) in [6, 6.07) is 8.66. The van der Waals surface area contributed by atoms with E-state index in [-0.39, 0.29) is 25.4 Å². The normalized spacial score (nSPS) is 22.4. The summed E-state index contributed by atoms with van der Waals surface area (Å²) in [7, 11) is 0. The number of likely N-dealkylation sites (tertiary alicyclic amines) is 1. The summed E-state index contributed by atoms with van der Waals surface area (Å²) < 4.78 is 38.1. The number of nitrogens with zero attached hydrogens (tertiary/aromatic N) is 4. The molecule has 8 nitrogen and oxygen atoms in total. The highest BCUT2D eigenvalue weighted by atomic mass is 19.3. The van der Waals surface area contributed by atoms with E-state index < -0.39 is 23.9 Å². The zero-order chi connectivity index (χ0) is 27.7. The number of hydrogen-bond acceptors (Lipinski definition) is 6. The third kappa shape index (κ3) is 5.43. The van der Waals surface area contributed by atoms with Crippen LogP contribution in [0.25, 0.3) is 10.9 Å². The largest absolute Gasteiger partial charge is 0.480 e. The van der Waals surface area contributed by atoms with Crippen LogP contribution in [-0.4, -0.2) is 69.5 Å². The second-order valence-corrected chi connectivity index (χ2v) is 11.4. The van der Waals surface area contributed by atoms with E-state index in [4.69, 9.17) is 4.74 Å². The first-order valence-corrected chi connectivity index (χ1v) is 14.5. The number of pyridine rings is 1. The predicted octanol–water partition coefficient (Wildman–Crippen LogP) is 5.25. The van der Waals surface area contributed by atoms with Gasteiger partial charge in [0.05, 0.1) is 24.4 Å². The van der Waals surface area contributed by atoms with Gasteiger partial charge in [-0.15, -0.1) is 0 Å². The van der Waals surface area contributed by atoms with Gasteiger partial charge < -0.3 is 15.2 Å². The van der Waals surface area contributed by atoms with Crippen molar-refractivity contribution < 1.29 is 23.4 Å². The van der Waals surface area contributed by atoms with Crippen molar-refractivity contribution >= 4 is 22.7 Å². The molecule has 0 saturated carbocycles. The molecule has 0 radical (unpaired) electrons. The van der Waals surface area contributed by atoms with Crippen molar-refractivity contribution in [3.05, 3.63) is 53.3 Å². The second kappa shape index (κ2) is 11.4. The molecule has 0 bridgehead atoms. The summed E-state index contributed by atoms with van der Waals surface area (Å²) >= 11 is 0. The minimum atomic E-state index is -2.85. The minimum absolute atomic E-state index is 0.0384. The molecule has 1 unspecified atom stereocenters. The van der Waals surface area contributed by atoms with Gasteiger partial charge >= 0.3 is 5.97 Å². The lowest BCUT2D eigenvalue weighted by molar-refractivity contribution is -0.143. The molecule has 3 aliphatic heterocycles. The Hall–Kier alpha value is -3.11. The van der Waals surface area contributed by atoms with E-state index in [0.29, 0.717) is 44.6 Å². The number of halogens is 2. The Morgan fingerprint density at radius 1 is 1.23 bits per heavy atom. The van der Waals surface area contributed by atoms with Crippen LogP contribution in [-0.2, 0) is 22.4 Å². The zero-order valence-corrected chi connectivity index (χ0v) is 22.7. The van der Waals surface area contributed by atoms with Gasteiger partial charge in [-0.25, -0.2) is 13.8 Å². The molecule has 2 aromatic heterocycles. The molecule has 5 heterocycles. The molecular weight excluding hydrogens is 516 g/mol. The number of rotatable bonds is 10. The first kappa shape index (κ1) is 27.1. The number of benzene rings is 1. The van der Waals surface area contributed by atoms with Gasteiger partial charge in [-0.2, -0.15) is 5.10 Å². The smallest absolute Gasteiger partial charge is 0.325 e. The Balaban J connectivity index is 1.10. The molecule has 2 fully saturated rings. The van der Waals surface area contributed by atoms with Crippen molar-refractivity contribution in [3.63, 3.8) is 0 Å². The number of fused-ring (bicyclic) bond motifs is 2. The van der Waals surface area contributed by atoms with Crippen LogP contribution >= 0.6 is 0 Å². The van der Waals surface area contributed by atoms with Crippen LogP contribution in [0.4, 0.5) is 14.6 Å². The molecule has 6 rings (SSSR count). The van der Waals surface area contributed by atoms with E-state index in [1.807, 2.05) is 22.9 Å². The molecule has 3 aromatic rings. The lowest BCUT2D eigenvalue weighted by atomic mass is 9.95. The Bertz CT molecular complexity index is 1360. The number of unbranched alkanes of at least 4 members (excludes halogenated alkanes) is 1. The van der Waals surface area contributed by atoms with E-state index in [1.165, 1.54) is 5.56 Å². The molecule has 2 N–H and O–H groups in total. The average Bonchev–Trinajstić information content (AvgIpc) is 3.72. The Kier molecular flexibility index (Phi) is 7.72. The predicted molar refractivity (Wildman–Crippen MR) is 148 cm³/mol. The van der Waals surface area contributed by atoms with Gasteiger partial charge in [-0.3, -0.25) is 14.4 Å². The van der Waals surface area contributed by atoms with Crippen molar-refractivity contribution in [1.82, 2.24) is 19.7 Å². The fourth-order valence-electron chi connectivity index (χ4n) is 6.57. The van der Waals surface area contributed by atoms with Gasteiger partial charge in [0.2, 0.25) is 0 Å². The van der Waals surface area contributed by atoms with Gasteiger partial charge in [-0.05, 0) is 63.1 Å². The summed E-state index contributed by atoms with van der Waals surface area (Å²) in [6.45, 7) is 2.46. The van der Waals surface area contributed by atoms with Crippen LogP contribution in [0, 0.1) is 5.92 Å². The first-order chi connectivity index (χ1) is 19.4. The van der Waals surface area contributed by atoms with Gasteiger partial charge in [0, 0.05) is 48.7 Å². The average molecular weight is 554 g/mol. The van der Waals surface area contributed by atoms with Crippen LogP contribution in [0.15, 0.2) is 36.5 Å². The maximum atomic E-state index is 15.4. The number of para-hydroxylation sites is 1. The van der Waals surface area contributed by atoms with Crippen molar-refractivity contribution in [2.75, 3.05) is 38.2 Å². The summed E-state index contributed by atoms with van der Waals surface area (Å²) in [5.74, 6) is -3.81. The number of nitrogens with one attached hydrogen (secondary N) is 1. The van der Waals surface area contributed by atoms with E-state index in [2.05, 4.69) is 21.5 Å². The van der Waals surface area contributed by atoms with Gasteiger partial charge in [0.25, 0.3) is 5.92 Å². The van der Waals surface area contributed by atoms with Crippen LogP contribution in [0.3, 0.4) is 0 Å². The SMILES string of the molecule is O=C(O)C(c1cccc2cnn([C@H]3CCOC3)c12)N1CC[C@@H](C(F)(F)CCCCc2ccc3c(n2)NCCC3)C1. The monoisotopic (exact) mass is 553 g/mol. The van der Waals surface area contributed by atoms with Crippen LogP contribution in [0.1, 0.15) is 67.4 Å². The van der Waals surface area contributed by atoms with Crippen molar-refractivity contribution in [3.8, 4) is 0 Å². The third-order valence-corrected chi connectivity index (χ3v) is 8.76. The number of anilines is 1. The highest BCUT2D eigenvalue weighted by Gasteiger charge is 2.45. The summed E-state index contributed by atoms with van der Waals surface area (Å²) in [4.78, 5) is 19.0. The second-order valence-electron chi connectivity index (χ2n) is 11.4. The van der Waals surface area contributed by atoms with Crippen LogP contribution < -0.4 is 5.32 Å². The highest BCUT2D eigenvalue weighted by Crippen LogP contribution is 2.41. The van der Waals surface area contributed by atoms with Gasteiger partial charge in [-0.1, -0.05) is 24.3 Å². The molecule has 1 aromatic carbocycles. The maximum Gasteiger partial charge on any atom is 0.325 e. The first-order valence-electron chi connectivity index (χ1n) is 14.5. The third-order valence-electron chi connectivity index (χ3n) is 8.76. The van der Waals surface area contributed by atoms with Crippen molar-refractivity contribution in [2.45, 2.75) is 69.4 Å². The number of aliphatic carboxylic acids is 1.